The summed E-state index contributed by atoms with van der Waals surface area (Å²) in [7, 11) is 1.29. The van der Waals surface area contributed by atoms with Crippen molar-refractivity contribution >= 4 is 5.97 Å². The van der Waals surface area contributed by atoms with Crippen LogP contribution in [-0.4, -0.2) is 22.9 Å². The maximum absolute atomic E-state index is 11.9. The second-order valence-electron chi connectivity index (χ2n) is 5.02. The van der Waals surface area contributed by atoms with Crippen LogP contribution in [0.3, 0.4) is 0 Å². The zero-order valence-electron chi connectivity index (χ0n) is 12.6. The van der Waals surface area contributed by atoms with E-state index in [2.05, 4.69) is 9.84 Å². The van der Waals surface area contributed by atoms with Gasteiger partial charge in [0.25, 0.3) is 5.56 Å². The molecule has 5 heteroatoms. The van der Waals surface area contributed by atoms with Gasteiger partial charge in [0.1, 0.15) is 0 Å². The number of carbonyl (C=O) groups excluding carboxylic acids is 1. The normalized spacial score (nSPS) is 12.0. The van der Waals surface area contributed by atoms with Gasteiger partial charge >= 0.3 is 5.97 Å². The average Bonchev–Trinajstić information content (AvgIpc) is 2.49. The molecule has 0 saturated heterocycles. The predicted molar refractivity (Wildman–Crippen MR) is 80.1 cm³/mol. The molecule has 1 atom stereocenters. The number of nitrogens with zero attached hydrogens (tertiary/aromatic N) is 2. The number of aryl methyl sites for hydroxylation is 2. The van der Waals surface area contributed by atoms with Gasteiger partial charge in [0, 0.05) is 11.6 Å². The number of hydrogen-bond acceptors (Lipinski definition) is 4. The minimum absolute atomic E-state index is 0.332. The molecule has 1 heterocycles. The van der Waals surface area contributed by atoms with Crippen LogP contribution < -0.4 is 5.56 Å². The second-order valence-corrected chi connectivity index (χ2v) is 5.02. The lowest BCUT2D eigenvalue weighted by Crippen LogP contribution is -2.30. The first-order chi connectivity index (χ1) is 9.93. The third kappa shape index (κ3) is 3.02. The van der Waals surface area contributed by atoms with Crippen LogP contribution in [0.2, 0.25) is 0 Å². The molecule has 0 saturated carbocycles. The van der Waals surface area contributed by atoms with E-state index in [9.17, 15) is 9.59 Å². The lowest BCUT2D eigenvalue weighted by Gasteiger charge is -2.13. The van der Waals surface area contributed by atoms with Crippen LogP contribution in [0.1, 0.15) is 24.1 Å². The lowest BCUT2D eigenvalue weighted by molar-refractivity contribution is -0.144. The summed E-state index contributed by atoms with van der Waals surface area (Å²) in [5.41, 5.74) is 3.44. The van der Waals surface area contributed by atoms with Crippen molar-refractivity contribution < 1.29 is 9.53 Å². The van der Waals surface area contributed by atoms with Crippen molar-refractivity contribution in [2.24, 2.45) is 0 Å². The molecule has 0 aliphatic rings. The van der Waals surface area contributed by atoms with Crippen LogP contribution in [0.4, 0.5) is 0 Å². The largest absolute Gasteiger partial charge is 0.467 e. The maximum Gasteiger partial charge on any atom is 0.330 e. The number of hydrogen-bond donors (Lipinski definition) is 0. The van der Waals surface area contributed by atoms with Gasteiger partial charge in [0.15, 0.2) is 6.04 Å². The van der Waals surface area contributed by atoms with Crippen molar-refractivity contribution in [3.8, 4) is 11.3 Å². The Labute approximate surface area is 123 Å². The Kier molecular flexibility index (Phi) is 4.21. The molecule has 1 aromatic heterocycles. The third-order valence-electron chi connectivity index (χ3n) is 3.40. The topological polar surface area (TPSA) is 61.2 Å². The second kappa shape index (κ2) is 5.91. The number of methoxy groups -OCH3 is 1. The summed E-state index contributed by atoms with van der Waals surface area (Å²) in [6.45, 7) is 5.57. The van der Waals surface area contributed by atoms with E-state index in [-0.39, 0.29) is 5.56 Å². The van der Waals surface area contributed by atoms with Crippen molar-refractivity contribution in [2.45, 2.75) is 26.8 Å². The molecular weight excluding hydrogens is 268 g/mol. The van der Waals surface area contributed by atoms with Gasteiger partial charge in [-0.25, -0.2) is 9.48 Å². The smallest absolute Gasteiger partial charge is 0.330 e. The van der Waals surface area contributed by atoms with Crippen molar-refractivity contribution in [2.75, 3.05) is 7.11 Å². The van der Waals surface area contributed by atoms with Crippen LogP contribution in [0.15, 0.2) is 35.1 Å². The Morgan fingerprint density at radius 2 is 1.95 bits per heavy atom. The highest BCUT2D eigenvalue weighted by molar-refractivity contribution is 5.73. The summed E-state index contributed by atoms with van der Waals surface area (Å²) in [5.74, 6) is -0.497. The van der Waals surface area contributed by atoms with Crippen LogP contribution >= 0.6 is 0 Å². The Bertz CT molecular complexity index is 735. The molecule has 1 aromatic carbocycles. The summed E-state index contributed by atoms with van der Waals surface area (Å²) in [6, 6.07) is 8.37. The van der Waals surface area contributed by atoms with Gasteiger partial charge in [-0.1, -0.05) is 17.7 Å². The molecule has 21 heavy (non-hydrogen) atoms. The van der Waals surface area contributed by atoms with Gasteiger partial charge < -0.3 is 4.74 Å². The first-order valence-electron chi connectivity index (χ1n) is 6.69. The van der Waals surface area contributed by atoms with E-state index in [1.165, 1.54) is 13.2 Å². The van der Waals surface area contributed by atoms with Gasteiger partial charge in [0.2, 0.25) is 0 Å². The van der Waals surface area contributed by atoms with Crippen molar-refractivity contribution in [1.29, 1.82) is 0 Å². The molecule has 110 valence electrons. The molecule has 0 N–H and O–H groups in total. The highest BCUT2D eigenvalue weighted by Gasteiger charge is 2.18. The summed E-state index contributed by atoms with van der Waals surface area (Å²) < 4.78 is 5.83. The molecule has 0 spiro atoms. The summed E-state index contributed by atoms with van der Waals surface area (Å²) >= 11 is 0. The monoisotopic (exact) mass is 286 g/mol. The van der Waals surface area contributed by atoms with Crippen LogP contribution in [0, 0.1) is 13.8 Å². The standard InChI is InChI=1S/C16H18N2O3/c1-10-5-6-11(2)13(9-10)14-7-8-15(19)18(17-14)12(3)16(20)21-4/h5-9,12H,1-4H3. The van der Waals surface area contributed by atoms with E-state index in [4.69, 9.17) is 0 Å². The van der Waals surface area contributed by atoms with Crippen LogP contribution in [0.5, 0.6) is 0 Å². The molecule has 2 aromatic rings. The molecular formula is C16H18N2O3. The Morgan fingerprint density at radius 3 is 2.62 bits per heavy atom. The van der Waals surface area contributed by atoms with E-state index in [0.717, 1.165) is 21.4 Å². The van der Waals surface area contributed by atoms with Crippen molar-refractivity contribution in [3.05, 3.63) is 51.8 Å². The Balaban J connectivity index is 2.55. The highest BCUT2D eigenvalue weighted by atomic mass is 16.5. The van der Waals surface area contributed by atoms with E-state index in [1.54, 1.807) is 13.0 Å². The molecule has 0 amide bonds. The fourth-order valence-electron chi connectivity index (χ4n) is 2.13. The minimum Gasteiger partial charge on any atom is -0.467 e. The SMILES string of the molecule is COC(=O)C(C)n1nc(-c2cc(C)ccc2C)ccc1=O. The van der Waals surface area contributed by atoms with E-state index >= 15 is 0 Å². The summed E-state index contributed by atoms with van der Waals surface area (Å²) in [5, 5.41) is 4.32. The predicted octanol–water partition coefficient (Wildman–Crippen LogP) is 2.26. The molecule has 0 radical (unpaired) electrons. The third-order valence-corrected chi connectivity index (χ3v) is 3.40. The van der Waals surface area contributed by atoms with Gasteiger partial charge in [0.05, 0.1) is 12.8 Å². The van der Waals surface area contributed by atoms with Crippen molar-refractivity contribution in [3.63, 3.8) is 0 Å². The fraction of sp³-hybridized carbons (Fsp3) is 0.312. The van der Waals surface area contributed by atoms with E-state index in [1.807, 2.05) is 32.0 Å². The zero-order valence-corrected chi connectivity index (χ0v) is 12.6. The number of benzene rings is 1. The van der Waals surface area contributed by atoms with Gasteiger partial charge in [-0.3, -0.25) is 4.79 Å². The highest BCUT2D eigenvalue weighted by Crippen LogP contribution is 2.22. The summed E-state index contributed by atoms with van der Waals surface area (Å²) in [6.07, 6.45) is 0. The number of ether oxygens (including phenoxy) is 1. The molecule has 2 rings (SSSR count). The molecule has 0 bridgehead atoms. The van der Waals surface area contributed by atoms with Gasteiger partial charge in [-0.05, 0) is 38.5 Å². The molecule has 0 aliphatic heterocycles. The minimum atomic E-state index is -0.757. The zero-order chi connectivity index (χ0) is 15.6. The Hall–Kier alpha value is -2.43. The first kappa shape index (κ1) is 15.0. The summed E-state index contributed by atoms with van der Waals surface area (Å²) in [4.78, 5) is 23.5. The average molecular weight is 286 g/mol. The maximum atomic E-state index is 11.9. The quantitative estimate of drug-likeness (QED) is 0.812. The molecule has 5 nitrogen and oxygen atoms in total. The fourth-order valence-corrected chi connectivity index (χ4v) is 2.13. The number of rotatable bonds is 3. The molecule has 0 aliphatic carbocycles. The number of esters is 1. The molecule has 0 fully saturated rings. The van der Waals surface area contributed by atoms with Crippen molar-refractivity contribution in [1.82, 2.24) is 9.78 Å². The molecule has 1 unspecified atom stereocenters. The number of aromatic nitrogens is 2. The van der Waals surface area contributed by atoms with E-state index in [0.29, 0.717) is 5.69 Å². The van der Waals surface area contributed by atoms with Gasteiger partial charge in [-0.2, -0.15) is 5.10 Å². The van der Waals surface area contributed by atoms with Crippen LogP contribution in [-0.2, 0) is 9.53 Å². The van der Waals surface area contributed by atoms with Crippen LogP contribution in [0.25, 0.3) is 11.3 Å². The Morgan fingerprint density at radius 1 is 1.24 bits per heavy atom. The van der Waals surface area contributed by atoms with E-state index < -0.39 is 12.0 Å². The lowest BCUT2D eigenvalue weighted by atomic mass is 10.0. The number of carbonyl (C=O) groups is 1. The van der Waals surface area contributed by atoms with Gasteiger partial charge in [-0.15, -0.1) is 0 Å². The first-order valence-corrected chi connectivity index (χ1v) is 6.69.